The number of carbonyl (C=O) groups is 1. The highest BCUT2D eigenvalue weighted by molar-refractivity contribution is 5.94. The molecular weight excluding hydrogens is 405 g/mol. The maximum atomic E-state index is 14.5. The number of benzene rings is 3. The number of carbonyl (C=O) groups excluding carboxylic acids is 1. The first-order chi connectivity index (χ1) is 15.2. The standard InChI is InChI=1S/C26H26FN3O2/c1-26(2,27)17-8-10-19-21(12-17)23-20-11-16(7-9-18(20)22(19)32-23)25(31)30-13-14-3-5-15(6-4-14)24(28)29/h3-12,22-24H,13,28-29H2,1-2H3,(H,30,31)/t22-,23+/m1/s1. The average molecular weight is 432 g/mol. The van der Waals surface area contributed by atoms with Crippen molar-refractivity contribution in [2.45, 2.75) is 44.4 Å². The molecule has 0 saturated heterocycles. The number of alkyl halides is 1. The Morgan fingerprint density at radius 3 is 2.25 bits per heavy atom. The molecule has 2 aliphatic heterocycles. The molecule has 164 valence electrons. The van der Waals surface area contributed by atoms with E-state index in [9.17, 15) is 9.18 Å². The lowest BCUT2D eigenvalue weighted by Gasteiger charge is -2.20. The van der Waals surface area contributed by atoms with Crippen molar-refractivity contribution in [3.63, 3.8) is 0 Å². The Morgan fingerprint density at radius 1 is 0.969 bits per heavy atom. The molecule has 2 aliphatic rings. The first-order valence-electron chi connectivity index (χ1n) is 10.7. The van der Waals surface area contributed by atoms with Crippen molar-refractivity contribution in [1.82, 2.24) is 5.32 Å². The Kier molecular flexibility index (Phi) is 4.89. The average Bonchev–Trinajstić information content (AvgIpc) is 3.34. The summed E-state index contributed by atoms with van der Waals surface area (Å²) in [5.41, 5.74) is 17.0. The van der Waals surface area contributed by atoms with E-state index in [0.29, 0.717) is 17.7 Å². The second-order valence-corrected chi connectivity index (χ2v) is 9.01. The molecule has 5 rings (SSSR count). The molecule has 0 spiro atoms. The molecule has 32 heavy (non-hydrogen) atoms. The molecule has 0 saturated carbocycles. The number of hydrogen-bond donors (Lipinski definition) is 3. The highest BCUT2D eigenvalue weighted by atomic mass is 19.1. The van der Waals surface area contributed by atoms with E-state index in [1.807, 2.05) is 60.7 Å². The molecule has 2 bridgehead atoms. The zero-order valence-electron chi connectivity index (χ0n) is 18.1. The zero-order valence-corrected chi connectivity index (χ0v) is 18.1. The molecule has 0 radical (unpaired) electrons. The van der Waals surface area contributed by atoms with E-state index in [1.54, 1.807) is 13.8 Å². The Bertz CT molecular complexity index is 1200. The van der Waals surface area contributed by atoms with E-state index in [1.165, 1.54) is 0 Å². The fourth-order valence-corrected chi connectivity index (χ4v) is 4.50. The molecule has 0 fully saturated rings. The topological polar surface area (TPSA) is 90.4 Å². The summed E-state index contributed by atoms with van der Waals surface area (Å²) in [5.74, 6) is -0.158. The molecule has 5 nitrogen and oxygen atoms in total. The lowest BCUT2D eigenvalue weighted by molar-refractivity contribution is 0.0856. The third-order valence-electron chi connectivity index (χ3n) is 6.34. The minimum absolute atomic E-state index is 0.158. The lowest BCUT2D eigenvalue weighted by Crippen LogP contribution is -2.23. The predicted molar refractivity (Wildman–Crippen MR) is 121 cm³/mol. The van der Waals surface area contributed by atoms with E-state index in [0.717, 1.165) is 33.4 Å². The highest BCUT2D eigenvalue weighted by Crippen LogP contribution is 2.54. The van der Waals surface area contributed by atoms with Crippen LogP contribution >= 0.6 is 0 Å². The number of rotatable bonds is 5. The van der Waals surface area contributed by atoms with Gasteiger partial charge in [-0.1, -0.05) is 42.5 Å². The second kappa shape index (κ2) is 7.52. The molecule has 0 aromatic heterocycles. The molecule has 5 N–H and O–H groups in total. The quantitative estimate of drug-likeness (QED) is 0.527. The van der Waals surface area contributed by atoms with Crippen molar-refractivity contribution in [3.8, 4) is 0 Å². The van der Waals surface area contributed by atoms with Gasteiger partial charge in [-0.15, -0.1) is 0 Å². The van der Waals surface area contributed by atoms with Crippen LogP contribution in [0.5, 0.6) is 0 Å². The number of halogens is 1. The third kappa shape index (κ3) is 3.50. The zero-order chi connectivity index (χ0) is 22.6. The normalized spacial score (nSPS) is 18.6. The van der Waals surface area contributed by atoms with Crippen molar-refractivity contribution in [2.24, 2.45) is 11.5 Å². The van der Waals surface area contributed by atoms with Crippen molar-refractivity contribution in [3.05, 3.63) is 105 Å². The Labute approximate surface area is 186 Å². The minimum atomic E-state index is -1.42. The largest absolute Gasteiger partial charge is 0.356 e. The van der Waals surface area contributed by atoms with Gasteiger partial charge in [0.1, 0.15) is 17.9 Å². The first-order valence-corrected chi connectivity index (χ1v) is 10.7. The van der Waals surface area contributed by atoms with Gasteiger partial charge in [-0.25, -0.2) is 4.39 Å². The summed E-state index contributed by atoms with van der Waals surface area (Å²) in [4.78, 5) is 12.8. The van der Waals surface area contributed by atoms with E-state index >= 15 is 0 Å². The van der Waals surface area contributed by atoms with Crippen molar-refractivity contribution < 1.29 is 13.9 Å². The Hall–Kier alpha value is -3.06. The molecule has 3 aromatic rings. The van der Waals surface area contributed by atoms with Crippen LogP contribution in [0.25, 0.3) is 0 Å². The molecule has 0 unspecified atom stereocenters. The summed E-state index contributed by atoms with van der Waals surface area (Å²) in [5, 5.41) is 2.96. The monoisotopic (exact) mass is 431 g/mol. The number of nitrogens with two attached hydrogens (primary N) is 2. The van der Waals surface area contributed by atoms with Gasteiger partial charge < -0.3 is 21.5 Å². The molecule has 3 aromatic carbocycles. The van der Waals surface area contributed by atoms with Crippen LogP contribution in [0.15, 0.2) is 60.7 Å². The molecule has 2 atom stereocenters. The van der Waals surface area contributed by atoms with Gasteiger partial charge in [-0.3, -0.25) is 4.79 Å². The van der Waals surface area contributed by atoms with Crippen LogP contribution in [0, 0.1) is 0 Å². The minimum Gasteiger partial charge on any atom is -0.356 e. The van der Waals surface area contributed by atoms with Gasteiger partial charge in [-0.05, 0) is 71.0 Å². The van der Waals surface area contributed by atoms with Gasteiger partial charge in [0.25, 0.3) is 5.91 Å². The van der Waals surface area contributed by atoms with Gasteiger partial charge in [0, 0.05) is 12.1 Å². The summed E-state index contributed by atoms with van der Waals surface area (Å²) in [6.07, 6.45) is -0.945. The SMILES string of the molecule is CC(C)(F)c1ccc2c(c1)[C@H]1O[C@@H]2c2ccc(C(=O)NCc3ccc(C(N)N)cc3)cc21. The molecule has 0 aliphatic carbocycles. The number of fused-ring (bicyclic) bond motifs is 8. The second-order valence-electron chi connectivity index (χ2n) is 9.01. The summed E-state index contributed by atoms with van der Waals surface area (Å²) < 4.78 is 20.7. The molecule has 6 heteroatoms. The molecule has 1 amide bonds. The number of nitrogens with one attached hydrogen (secondary N) is 1. The maximum absolute atomic E-state index is 14.5. The predicted octanol–water partition coefficient (Wildman–Crippen LogP) is 4.26. The van der Waals surface area contributed by atoms with Crippen LogP contribution in [0.2, 0.25) is 0 Å². The van der Waals surface area contributed by atoms with E-state index in [2.05, 4.69) is 5.32 Å². The summed E-state index contributed by atoms with van der Waals surface area (Å²) in [6, 6.07) is 18.9. The number of ether oxygens (including phenoxy) is 1. The third-order valence-corrected chi connectivity index (χ3v) is 6.34. The number of hydrogen-bond acceptors (Lipinski definition) is 4. The summed E-state index contributed by atoms with van der Waals surface area (Å²) in [7, 11) is 0. The van der Waals surface area contributed by atoms with Gasteiger partial charge in [0.15, 0.2) is 0 Å². The Morgan fingerprint density at radius 2 is 1.59 bits per heavy atom. The first kappa shape index (κ1) is 20.8. The van der Waals surface area contributed by atoms with Gasteiger partial charge in [-0.2, -0.15) is 0 Å². The summed E-state index contributed by atoms with van der Waals surface area (Å²) >= 11 is 0. The maximum Gasteiger partial charge on any atom is 0.251 e. The van der Waals surface area contributed by atoms with Crippen LogP contribution in [0.4, 0.5) is 4.39 Å². The van der Waals surface area contributed by atoms with E-state index < -0.39 is 11.8 Å². The van der Waals surface area contributed by atoms with Gasteiger partial charge >= 0.3 is 0 Å². The smallest absolute Gasteiger partial charge is 0.251 e. The van der Waals surface area contributed by atoms with Gasteiger partial charge in [0.2, 0.25) is 0 Å². The highest BCUT2D eigenvalue weighted by Gasteiger charge is 2.43. The van der Waals surface area contributed by atoms with Crippen LogP contribution in [-0.2, 0) is 17.0 Å². The van der Waals surface area contributed by atoms with Gasteiger partial charge in [0.05, 0.1) is 6.17 Å². The van der Waals surface area contributed by atoms with Crippen molar-refractivity contribution >= 4 is 5.91 Å². The van der Waals surface area contributed by atoms with Crippen LogP contribution in [-0.4, -0.2) is 5.91 Å². The van der Waals surface area contributed by atoms with E-state index in [4.69, 9.17) is 16.2 Å². The fourth-order valence-electron chi connectivity index (χ4n) is 4.50. The molecule has 2 heterocycles. The van der Waals surface area contributed by atoms with Crippen molar-refractivity contribution in [1.29, 1.82) is 0 Å². The van der Waals surface area contributed by atoms with E-state index in [-0.39, 0.29) is 18.1 Å². The number of amides is 1. The van der Waals surface area contributed by atoms with Crippen LogP contribution in [0.1, 0.15) is 81.5 Å². The van der Waals surface area contributed by atoms with Crippen LogP contribution < -0.4 is 16.8 Å². The van der Waals surface area contributed by atoms with Crippen molar-refractivity contribution in [2.75, 3.05) is 0 Å². The lowest BCUT2D eigenvalue weighted by atomic mass is 9.83. The fraction of sp³-hybridized carbons (Fsp3) is 0.269. The Balaban J connectivity index is 1.34. The molecular formula is C26H26FN3O2. The van der Waals surface area contributed by atoms with Crippen LogP contribution in [0.3, 0.4) is 0 Å². The summed E-state index contributed by atoms with van der Waals surface area (Å²) in [6.45, 7) is 3.50.